The maximum atomic E-state index is 3.75. The standard InChI is InChI=1S/C19H25NS/c1-4-10-20-19(18-11-13(2)21-14(18)3)17-9-8-15-6-5-7-16(15)12-17/h8-9,11-12,19-20H,4-7,10H2,1-3H3. The molecule has 1 unspecified atom stereocenters. The van der Waals surface area contributed by atoms with Gasteiger partial charge < -0.3 is 5.32 Å². The molecular weight excluding hydrogens is 274 g/mol. The van der Waals surface area contributed by atoms with Gasteiger partial charge >= 0.3 is 0 Å². The lowest BCUT2D eigenvalue weighted by atomic mass is 9.95. The van der Waals surface area contributed by atoms with Crippen molar-refractivity contribution in [1.82, 2.24) is 5.32 Å². The minimum Gasteiger partial charge on any atom is -0.306 e. The summed E-state index contributed by atoms with van der Waals surface area (Å²) in [6, 6.07) is 9.85. The highest BCUT2D eigenvalue weighted by atomic mass is 32.1. The second-order valence-electron chi connectivity index (χ2n) is 6.14. The van der Waals surface area contributed by atoms with Crippen molar-refractivity contribution >= 4 is 11.3 Å². The van der Waals surface area contributed by atoms with E-state index in [9.17, 15) is 0 Å². The first-order valence-corrected chi connectivity index (χ1v) is 8.92. The van der Waals surface area contributed by atoms with Crippen LogP contribution in [-0.2, 0) is 12.8 Å². The number of fused-ring (bicyclic) bond motifs is 1. The van der Waals surface area contributed by atoms with Crippen LogP contribution < -0.4 is 5.32 Å². The van der Waals surface area contributed by atoms with Crippen LogP contribution in [0.4, 0.5) is 0 Å². The monoisotopic (exact) mass is 299 g/mol. The van der Waals surface area contributed by atoms with Crippen LogP contribution in [0.2, 0.25) is 0 Å². The predicted octanol–water partition coefficient (Wildman–Crippen LogP) is 4.94. The Morgan fingerprint density at radius 2 is 1.95 bits per heavy atom. The molecule has 1 N–H and O–H groups in total. The number of thiophene rings is 1. The third-order valence-corrected chi connectivity index (χ3v) is 5.43. The Kier molecular flexibility index (Phi) is 4.46. The summed E-state index contributed by atoms with van der Waals surface area (Å²) < 4.78 is 0. The lowest BCUT2D eigenvalue weighted by Crippen LogP contribution is -2.23. The van der Waals surface area contributed by atoms with Gasteiger partial charge in [-0.25, -0.2) is 0 Å². The molecule has 2 heteroatoms. The first-order valence-electron chi connectivity index (χ1n) is 8.11. The summed E-state index contributed by atoms with van der Waals surface area (Å²) in [4.78, 5) is 2.86. The molecule has 1 aromatic heterocycles. The van der Waals surface area contributed by atoms with E-state index >= 15 is 0 Å². The summed E-state index contributed by atoms with van der Waals surface area (Å²) in [5.41, 5.74) is 6.03. The second-order valence-corrected chi connectivity index (χ2v) is 7.60. The molecule has 0 aliphatic heterocycles. The number of benzene rings is 1. The molecule has 1 aliphatic rings. The molecule has 2 aromatic rings. The minimum atomic E-state index is 0.348. The summed E-state index contributed by atoms with van der Waals surface area (Å²) in [6.07, 6.45) is 5.01. The molecule has 0 spiro atoms. The summed E-state index contributed by atoms with van der Waals surface area (Å²) >= 11 is 1.91. The molecule has 0 saturated heterocycles. The molecule has 0 saturated carbocycles. The highest BCUT2D eigenvalue weighted by Gasteiger charge is 2.19. The highest BCUT2D eigenvalue weighted by Crippen LogP contribution is 2.33. The predicted molar refractivity (Wildman–Crippen MR) is 92.4 cm³/mol. The summed E-state index contributed by atoms with van der Waals surface area (Å²) in [5, 5.41) is 3.75. The van der Waals surface area contributed by atoms with E-state index < -0.39 is 0 Å². The maximum absolute atomic E-state index is 3.75. The van der Waals surface area contributed by atoms with Crippen LogP contribution in [0, 0.1) is 13.8 Å². The van der Waals surface area contributed by atoms with E-state index in [1.54, 1.807) is 11.1 Å². The maximum Gasteiger partial charge on any atom is 0.0587 e. The van der Waals surface area contributed by atoms with Gasteiger partial charge in [0.1, 0.15) is 0 Å². The minimum absolute atomic E-state index is 0.348. The highest BCUT2D eigenvalue weighted by molar-refractivity contribution is 7.12. The SMILES string of the molecule is CCCNC(c1ccc2c(c1)CCC2)c1cc(C)sc1C. The Morgan fingerprint density at radius 1 is 1.14 bits per heavy atom. The summed E-state index contributed by atoms with van der Waals surface area (Å²) in [6.45, 7) is 7.76. The number of nitrogens with one attached hydrogen (secondary N) is 1. The van der Waals surface area contributed by atoms with E-state index in [0.29, 0.717) is 6.04 Å². The quantitative estimate of drug-likeness (QED) is 0.824. The van der Waals surface area contributed by atoms with Crippen LogP contribution in [0.25, 0.3) is 0 Å². The largest absolute Gasteiger partial charge is 0.306 e. The van der Waals surface area contributed by atoms with Gasteiger partial charge in [-0.2, -0.15) is 0 Å². The molecule has 112 valence electrons. The first kappa shape index (κ1) is 14.8. The summed E-state index contributed by atoms with van der Waals surface area (Å²) in [5.74, 6) is 0. The zero-order valence-corrected chi connectivity index (χ0v) is 14.1. The van der Waals surface area contributed by atoms with Crippen LogP contribution in [0.1, 0.15) is 57.8 Å². The van der Waals surface area contributed by atoms with Crippen molar-refractivity contribution in [3.05, 3.63) is 56.3 Å². The lowest BCUT2D eigenvalue weighted by Gasteiger charge is -2.20. The smallest absolute Gasteiger partial charge is 0.0587 e. The zero-order valence-electron chi connectivity index (χ0n) is 13.3. The van der Waals surface area contributed by atoms with E-state index in [4.69, 9.17) is 0 Å². The van der Waals surface area contributed by atoms with E-state index in [1.165, 1.54) is 46.6 Å². The van der Waals surface area contributed by atoms with Crippen molar-refractivity contribution in [2.45, 2.75) is 52.5 Å². The second kappa shape index (κ2) is 6.33. The number of rotatable bonds is 5. The van der Waals surface area contributed by atoms with Gasteiger partial charge in [0.2, 0.25) is 0 Å². The molecule has 21 heavy (non-hydrogen) atoms. The molecule has 1 aromatic carbocycles. The third kappa shape index (κ3) is 3.07. The molecular formula is C19H25NS. The molecule has 1 aliphatic carbocycles. The van der Waals surface area contributed by atoms with Crippen LogP contribution in [0.3, 0.4) is 0 Å². The topological polar surface area (TPSA) is 12.0 Å². The van der Waals surface area contributed by atoms with Crippen molar-refractivity contribution in [2.24, 2.45) is 0 Å². The number of hydrogen-bond donors (Lipinski definition) is 1. The van der Waals surface area contributed by atoms with E-state index in [0.717, 1.165) is 6.54 Å². The fourth-order valence-electron chi connectivity index (χ4n) is 3.40. The van der Waals surface area contributed by atoms with Crippen molar-refractivity contribution in [3.8, 4) is 0 Å². The van der Waals surface area contributed by atoms with Gasteiger partial charge in [-0.05, 0) is 74.4 Å². The van der Waals surface area contributed by atoms with Gasteiger partial charge in [0.25, 0.3) is 0 Å². The third-order valence-electron chi connectivity index (χ3n) is 4.44. The fraction of sp³-hybridized carbons (Fsp3) is 0.474. The van der Waals surface area contributed by atoms with Gasteiger partial charge in [0.15, 0.2) is 0 Å². The van der Waals surface area contributed by atoms with Gasteiger partial charge in [-0.3, -0.25) is 0 Å². The van der Waals surface area contributed by atoms with Gasteiger partial charge in [-0.1, -0.05) is 25.1 Å². The van der Waals surface area contributed by atoms with Crippen LogP contribution in [0.5, 0.6) is 0 Å². The van der Waals surface area contributed by atoms with Crippen LogP contribution in [0.15, 0.2) is 24.3 Å². The van der Waals surface area contributed by atoms with E-state index in [2.05, 4.69) is 50.4 Å². The molecule has 0 radical (unpaired) electrons. The molecule has 0 bridgehead atoms. The molecule has 0 fully saturated rings. The Morgan fingerprint density at radius 3 is 2.67 bits per heavy atom. The Balaban J connectivity index is 1.97. The molecule has 1 nitrogen and oxygen atoms in total. The Bertz CT molecular complexity index is 626. The van der Waals surface area contributed by atoms with Crippen molar-refractivity contribution in [3.63, 3.8) is 0 Å². The zero-order chi connectivity index (χ0) is 14.8. The van der Waals surface area contributed by atoms with Gasteiger partial charge in [0, 0.05) is 9.75 Å². The number of hydrogen-bond acceptors (Lipinski definition) is 2. The first-order chi connectivity index (χ1) is 10.2. The number of aryl methyl sites for hydroxylation is 4. The molecule has 1 heterocycles. The van der Waals surface area contributed by atoms with Crippen molar-refractivity contribution in [1.29, 1.82) is 0 Å². The normalized spacial score (nSPS) is 15.2. The van der Waals surface area contributed by atoms with E-state index in [-0.39, 0.29) is 0 Å². The lowest BCUT2D eigenvalue weighted by molar-refractivity contribution is 0.597. The van der Waals surface area contributed by atoms with Gasteiger partial charge in [0.05, 0.1) is 6.04 Å². The average molecular weight is 299 g/mol. The fourth-order valence-corrected chi connectivity index (χ4v) is 4.37. The summed E-state index contributed by atoms with van der Waals surface area (Å²) in [7, 11) is 0. The Hall–Kier alpha value is -1.12. The Labute approximate surface area is 132 Å². The van der Waals surface area contributed by atoms with Crippen molar-refractivity contribution in [2.75, 3.05) is 6.54 Å². The van der Waals surface area contributed by atoms with Crippen LogP contribution in [-0.4, -0.2) is 6.54 Å². The van der Waals surface area contributed by atoms with Crippen molar-refractivity contribution < 1.29 is 0 Å². The van der Waals surface area contributed by atoms with Crippen LogP contribution >= 0.6 is 11.3 Å². The van der Waals surface area contributed by atoms with E-state index in [1.807, 2.05) is 11.3 Å². The molecule has 0 amide bonds. The molecule has 3 rings (SSSR count). The molecule has 1 atom stereocenters. The average Bonchev–Trinajstić information content (AvgIpc) is 3.05. The van der Waals surface area contributed by atoms with Gasteiger partial charge in [-0.15, -0.1) is 11.3 Å².